The molecule has 2 aromatic rings. The molecule has 1 saturated carbocycles. The van der Waals surface area contributed by atoms with Crippen LogP contribution in [0.2, 0.25) is 0 Å². The number of nitrogens with zero attached hydrogens (tertiary/aromatic N) is 3. The quantitative estimate of drug-likeness (QED) is 0.914. The number of anilines is 2. The molecule has 1 atom stereocenters. The van der Waals surface area contributed by atoms with E-state index < -0.39 is 0 Å². The van der Waals surface area contributed by atoms with Crippen molar-refractivity contribution in [2.24, 2.45) is 5.92 Å². The molecule has 4 rings (SSSR count). The van der Waals surface area contributed by atoms with E-state index in [1.54, 1.807) is 6.07 Å². The minimum absolute atomic E-state index is 0.000395. The van der Waals surface area contributed by atoms with Crippen LogP contribution in [0.1, 0.15) is 24.6 Å². The van der Waals surface area contributed by atoms with E-state index in [-0.39, 0.29) is 11.9 Å². The lowest BCUT2D eigenvalue weighted by atomic mass is 10.1. The molecule has 1 N–H and O–H groups in total. The number of rotatable bonds is 5. The second kappa shape index (κ2) is 6.83. The maximum atomic E-state index is 12.9. The molecule has 0 unspecified atom stereocenters. The van der Waals surface area contributed by atoms with Crippen LogP contribution in [0.5, 0.6) is 0 Å². The number of halogens is 1. The number of ether oxygens (including phenoxy) is 1. The zero-order chi connectivity index (χ0) is 16.4. The molecular formula is C18H21FN4O. The van der Waals surface area contributed by atoms with Gasteiger partial charge in [0.25, 0.3) is 0 Å². The summed E-state index contributed by atoms with van der Waals surface area (Å²) in [5, 5.41) is 3.11. The molecule has 1 aliphatic heterocycles. The van der Waals surface area contributed by atoms with Crippen LogP contribution in [0.4, 0.5) is 16.0 Å². The zero-order valence-electron chi connectivity index (χ0n) is 13.5. The van der Waals surface area contributed by atoms with Crippen molar-refractivity contribution >= 4 is 11.6 Å². The molecule has 1 saturated heterocycles. The van der Waals surface area contributed by atoms with Crippen molar-refractivity contribution in [3.05, 3.63) is 48.0 Å². The average molecular weight is 328 g/mol. The molecule has 24 heavy (non-hydrogen) atoms. The molecule has 2 aromatic heterocycles. The summed E-state index contributed by atoms with van der Waals surface area (Å²) in [6, 6.07) is 8.79. The molecule has 5 nitrogen and oxygen atoms in total. The number of nitrogens with one attached hydrogen (secondary N) is 1. The van der Waals surface area contributed by atoms with Crippen LogP contribution in [0.15, 0.2) is 36.5 Å². The Labute approximate surface area is 140 Å². The van der Waals surface area contributed by atoms with Gasteiger partial charge in [0.05, 0.1) is 18.5 Å². The summed E-state index contributed by atoms with van der Waals surface area (Å²) in [5.74, 6) is 1.79. The van der Waals surface area contributed by atoms with Gasteiger partial charge in [-0.05, 0) is 43.0 Å². The molecule has 1 aliphatic carbocycles. The van der Waals surface area contributed by atoms with Gasteiger partial charge in [-0.3, -0.25) is 4.90 Å². The highest BCUT2D eigenvalue weighted by Gasteiger charge is 2.29. The Morgan fingerprint density at radius 3 is 2.92 bits per heavy atom. The Balaban J connectivity index is 1.44. The second-order valence-electron chi connectivity index (χ2n) is 6.50. The molecule has 2 aliphatic rings. The number of hydrogen-bond acceptors (Lipinski definition) is 5. The van der Waals surface area contributed by atoms with Gasteiger partial charge in [-0.25, -0.2) is 14.4 Å². The average Bonchev–Trinajstić information content (AvgIpc) is 3.42. The highest BCUT2D eigenvalue weighted by Crippen LogP contribution is 2.31. The summed E-state index contributed by atoms with van der Waals surface area (Å²) in [7, 11) is 0. The minimum Gasteiger partial charge on any atom is -0.369 e. The lowest BCUT2D eigenvalue weighted by Gasteiger charge is -2.32. The first-order chi connectivity index (χ1) is 11.8. The van der Waals surface area contributed by atoms with Gasteiger partial charge in [0.2, 0.25) is 0 Å². The van der Waals surface area contributed by atoms with Crippen molar-refractivity contribution in [3.8, 4) is 0 Å². The van der Waals surface area contributed by atoms with Crippen molar-refractivity contribution in [2.45, 2.75) is 18.9 Å². The van der Waals surface area contributed by atoms with Gasteiger partial charge < -0.3 is 10.1 Å². The summed E-state index contributed by atoms with van der Waals surface area (Å²) in [4.78, 5) is 11.1. The molecule has 2 fully saturated rings. The van der Waals surface area contributed by atoms with Crippen LogP contribution in [0, 0.1) is 11.7 Å². The fourth-order valence-corrected chi connectivity index (χ4v) is 2.99. The molecule has 0 aromatic carbocycles. The molecule has 0 radical (unpaired) electrons. The van der Waals surface area contributed by atoms with Crippen LogP contribution in [-0.4, -0.2) is 41.1 Å². The van der Waals surface area contributed by atoms with E-state index in [0.29, 0.717) is 11.6 Å². The van der Waals surface area contributed by atoms with Gasteiger partial charge in [-0.1, -0.05) is 6.07 Å². The standard InChI is InChI=1S/C18H21FN4O/c19-14-6-7-17(20-10-14)22-18-3-1-2-15(21-18)16-12-23(8-9-24-16)11-13-4-5-13/h1-3,6-7,10,13,16H,4-5,8-9,11-12H2,(H,20,21,22)/t16-/m0/s1. The molecule has 3 heterocycles. The highest BCUT2D eigenvalue weighted by molar-refractivity contribution is 5.51. The largest absolute Gasteiger partial charge is 0.369 e. The smallest absolute Gasteiger partial charge is 0.141 e. The van der Waals surface area contributed by atoms with E-state index in [0.717, 1.165) is 31.3 Å². The van der Waals surface area contributed by atoms with E-state index in [2.05, 4.69) is 20.2 Å². The zero-order valence-corrected chi connectivity index (χ0v) is 13.5. The van der Waals surface area contributed by atoms with Gasteiger partial charge in [-0.2, -0.15) is 0 Å². The van der Waals surface area contributed by atoms with Gasteiger partial charge in [-0.15, -0.1) is 0 Å². The summed E-state index contributed by atoms with van der Waals surface area (Å²) < 4.78 is 18.9. The molecule has 126 valence electrons. The third-order valence-corrected chi connectivity index (χ3v) is 4.45. The SMILES string of the molecule is Fc1ccc(Nc2cccc([C@@H]3CN(CC4CC4)CCO3)n2)nc1. The first-order valence-corrected chi connectivity index (χ1v) is 8.46. The lowest BCUT2D eigenvalue weighted by molar-refractivity contribution is -0.0333. The van der Waals surface area contributed by atoms with E-state index >= 15 is 0 Å². The molecular weight excluding hydrogens is 307 g/mol. The summed E-state index contributed by atoms with van der Waals surface area (Å²) in [6.45, 7) is 3.82. The first kappa shape index (κ1) is 15.5. The fraction of sp³-hybridized carbons (Fsp3) is 0.444. The highest BCUT2D eigenvalue weighted by atomic mass is 19.1. The van der Waals surface area contributed by atoms with E-state index in [1.165, 1.54) is 31.6 Å². The predicted octanol–water partition coefficient (Wildman–Crippen LogP) is 3.14. The summed E-state index contributed by atoms with van der Waals surface area (Å²) in [6.07, 6.45) is 3.92. The van der Waals surface area contributed by atoms with Crippen LogP contribution in [-0.2, 0) is 4.74 Å². The molecule has 0 amide bonds. The first-order valence-electron chi connectivity index (χ1n) is 8.46. The normalized spacial score (nSPS) is 21.6. The van der Waals surface area contributed by atoms with Crippen molar-refractivity contribution in [1.29, 1.82) is 0 Å². The predicted molar refractivity (Wildman–Crippen MR) is 89.6 cm³/mol. The Bertz CT molecular complexity index is 690. The maximum Gasteiger partial charge on any atom is 0.141 e. The maximum absolute atomic E-state index is 12.9. The van der Waals surface area contributed by atoms with E-state index in [4.69, 9.17) is 4.74 Å². The van der Waals surface area contributed by atoms with Gasteiger partial charge >= 0.3 is 0 Å². The number of hydrogen-bond donors (Lipinski definition) is 1. The Morgan fingerprint density at radius 2 is 2.12 bits per heavy atom. The topological polar surface area (TPSA) is 50.3 Å². The van der Waals surface area contributed by atoms with Crippen molar-refractivity contribution in [1.82, 2.24) is 14.9 Å². The molecule has 0 bridgehead atoms. The summed E-state index contributed by atoms with van der Waals surface area (Å²) >= 11 is 0. The number of aromatic nitrogens is 2. The Kier molecular flexibility index (Phi) is 4.40. The van der Waals surface area contributed by atoms with Crippen LogP contribution >= 0.6 is 0 Å². The van der Waals surface area contributed by atoms with E-state index in [9.17, 15) is 4.39 Å². The van der Waals surface area contributed by atoms with Crippen LogP contribution in [0.3, 0.4) is 0 Å². The van der Waals surface area contributed by atoms with Crippen molar-refractivity contribution in [3.63, 3.8) is 0 Å². The molecule has 0 spiro atoms. The lowest BCUT2D eigenvalue weighted by Crippen LogP contribution is -2.39. The van der Waals surface area contributed by atoms with Gasteiger partial charge in [0.15, 0.2) is 0 Å². The number of pyridine rings is 2. The fourth-order valence-electron chi connectivity index (χ4n) is 2.99. The monoisotopic (exact) mass is 328 g/mol. The third kappa shape index (κ3) is 3.88. The van der Waals surface area contributed by atoms with Gasteiger partial charge in [0, 0.05) is 19.6 Å². The Hall–Kier alpha value is -2.05. The van der Waals surface area contributed by atoms with Gasteiger partial charge in [0.1, 0.15) is 23.6 Å². The molecule has 6 heteroatoms. The van der Waals surface area contributed by atoms with Crippen LogP contribution in [0.25, 0.3) is 0 Å². The van der Waals surface area contributed by atoms with Crippen LogP contribution < -0.4 is 5.32 Å². The summed E-state index contributed by atoms with van der Waals surface area (Å²) in [5.41, 5.74) is 0.919. The minimum atomic E-state index is -0.353. The Morgan fingerprint density at radius 1 is 1.21 bits per heavy atom. The number of morpholine rings is 1. The van der Waals surface area contributed by atoms with E-state index in [1.807, 2.05) is 18.2 Å². The van der Waals surface area contributed by atoms with Crippen molar-refractivity contribution in [2.75, 3.05) is 31.6 Å². The van der Waals surface area contributed by atoms with Crippen molar-refractivity contribution < 1.29 is 9.13 Å². The second-order valence-corrected chi connectivity index (χ2v) is 6.50. The third-order valence-electron chi connectivity index (χ3n) is 4.45.